The predicted molar refractivity (Wildman–Crippen MR) is 52.0 cm³/mol. The SMILES string of the molecule is Cn1nc2ccc(F)cc2c1S(N)(=O)=O. The molecule has 0 atom stereocenters. The molecular formula is C8H8FN3O2S. The van der Waals surface area contributed by atoms with E-state index in [2.05, 4.69) is 5.10 Å². The minimum absolute atomic E-state index is 0.183. The summed E-state index contributed by atoms with van der Waals surface area (Å²) in [4.78, 5) is 0. The van der Waals surface area contributed by atoms with Crippen LogP contribution >= 0.6 is 0 Å². The maximum absolute atomic E-state index is 12.9. The number of nitrogens with two attached hydrogens (primary N) is 1. The van der Waals surface area contributed by atoms with Gasteiger partial charge in [0.15, 0.2) is 5.03 Å². The topological polar surface area (TPSA) is 78.0 Å². The summed E-state index contributed by atoms with van der Waals surface area (Å²) in [5.41, 5.74) is 0.392. The van der Waals surface area contributed by atoms with Crippen molar-refractivity contribution in [2.75, 3.05) is 0 Å². The van der Waals surface area contributed by atoms with Gasteiger partial charge in [-0.1, -0.05) is 0 Å². The van der Waals surface area contributed by atoms with Gasteiger partial charge in [-0.3, -0.25) is 4.68 Å². The van der Waals surface area contributed by atoms with Crippen molar-refractivity contribution < 1.29 is 12.8 Å². The van der Waals surface area contributed by atoms with Gasteiger partial charge in [0.05, 0.1) is 5.52 Å². The van der Waals surface area contributed by atoms with E-state index in [9.17, 15) is 12.8 Å². The van der Waals surface area contributed by atoms with Gasteiger partial charge in [-0.05, 0) is 18.2 Å². The Balaban J connectivity index is 2.95. The largest absolute Gasteiger partial charge is 0.255 e. The second-order valence-electron chi connectivity index (χ2n) is 3.14. The molecule has 15 heavy (non-hydrogen) atoms. The number of nitrogens with zero attached hydrogens (tertiary/aromatic N) is 2. The lowest BCUT2D eigenvalue weighted by Gasteiger charge is -1.98. The quantitative estimate of drug-likeness (QED) is 0.766. The molecule has 80 valence electrons. The average Bonchev–Trinajstić information content (AvgIpc) is 2.38. The zero-order valence-electron chi connectivity index (χ0n) is 7.81. The molecule has 0 saturated heterocycles. The van der Waals surface area contributed by atoms with Gasteiger partial charge in [0.2, 0.25) is 0 Å². The molecule has 2 rings (SSSR count). The van der Waals surface area contributed by atoms with E-state index >= 15 is 0 Å². The molecule has 0 bridgehead atoms. The first-order valence-corrected chi connectivity index (χ1v) is 5.59. The van der Waals surface area contributed by atoms with Crippen molar-refractivity contribution in [1.29, 1.82) is 0 Å². The Bertz CT molecular complexity index is 633. The van der Waals surface area contributed by atoms with Crippen molar-refractivity contribution in [2.45, 2.75) is 5.03 Å². The van der Waals surface area contributed by atoms with Crippen LogP contribution in [0.2, 0.25) is 0 Å². The van der Waals surface area contributed by atoms with Gasteiger partial charge in [0.1, 0.15) is 5.82 Å². The van der Waals surface area contributed by atoms with Crippen molar-refractivity contribution in [3.63, 3.8) is 0 Å². The Morgan fingerprint density at radius 1 is 1.47 bits per heavy atom. The molecular weight excluding hydrogens is 221 g/mol. The first kappa shape index (κ1) is 10.1. The highest BCUT2D eigenvalue weighted by Crippen LogP contribution is 2.21. The third-order valence-electron chi connectivity index (χ3n) is 2.01. The normalized spacial score (nSPS) is 12.2. The average molecular weight is 229 g/mol. The highest BCUT2D eigenvalue weighted by molar-refractivity contribution is 7.89. The Labute approximate surface area is 85.4 Å². The lowest BCUT2D eigenvalue weighted by molar-refractivity contribution is 0.581. The van der Waals surface area contributed by atoms with Gasteiger partial charge < -0.3 is 0 Å². The van der Waals surface area contributed by atoms with Gasteiger partial charge in [0.25, 0.3) is 10.0 Å². The molecule has 1 aromatic carbocycles. The summed E-state index contributed by atoms with van der Waals surface area (Å²) in [7, 11) is -2.46. The van der Waals surface area contributed by atoms with Crippen LogP contribution in [0.15, 0.2) is 23.2 Å². The number of aromatic nitrogens is 2. The van der Waals surface area contributed by atoms with Crippen LogP contribution in [0.5, 0.6) is 0 Å². The first-order valence-electron chi connectivity index (χ1n) is 4.04. The van der Waals surface area contributed by atoms with Gasteiger partial charge in [-0.25, -0.2) is 17.9 Å². The van der Waals surface area contributed by atoms with Crippen LogP contribution in [0, 0.1) is 5.82 Å². The van der Waals surface area contributed by atoms with E-state index in [4.69, 9.17) is 5.14 Å². The first-order chi connectivity index (χ1) is 6.89. The smallest absolute Gasteiger partial charge is 0.255 e. The molecule has 2 N–H and O–H groups in total. The third-order valence-corrected chi connectivity index (χ3v) is 3.03. The van der Waals surface area contributed by atoms with Crippen molar-refractivity contribution >= 4 is 20.9 Å². The van der Waals surface area contributed by atoms with Crippen molar-refractivity contribution in [2.24, 2.45) is 12.2 Å². The minimum atomic E-state index is -3.90. The van der Waals surface area contributed by atoms with Gasteiger partial charge in [-0.15, -0.1) is 0 Å². The Morgan fingerprint density at radius 2 is 2.13 bits per heavy atom. The second kappa shape index (κ2) is 3.01. The highest BCUT2D eigenvalue weighted by Gasteiger charge is 2.19. The zero-order valence-corrected chi connectivity index (χ0v) is 8.62. The number of primary sulfonamides is 1. The third kappa shape index (κ3) is 1.59. The summed E-state index contributed by atoms with van der Waals surface area (Å²) in [6, 6.07) is 3.71. The summed E-state index contributed by atoms with van der Waals surface area (Å²) in [5.74, 6) is -0.527. The van der Waals surface area contributed by atoms with E-state index < -0.39 is 15.8 Å². The zero-order chi connectivity index (χ0) is 11.2. The number of sulfonamides is 1. The summed E-state index contributed by atoms with van der Waals surface area (Å²) in [6.45, 7) is 0. The van der Waals surface area contributed by atoms with Crippen LogP contribution in [0.1, 0.15) is 0 Å². The number of halogens is 1. The summed E-state index contributed by atoms with van der Waals surface area (Å²) in [6.07, 6.45) is 0. The van der Waals surface area contributed by atoms with Gasteiger partial charge >= 0.3 is 0 Å². The number of rotatable bonds is 1. The minimum Gasteiger partial charge on any atom is -0.255 e. The molecule has 0 fully saturated rings. The van der Waals surface area contributed by atoms with Gasteiger partial charge in [0, 0.05) is 12.4 Å². The molecule has 5 nitrogen and oxygen atoms in total. The van der Waals surface area contributed by atoms with E-state index in [0.29, 0.717) is 5.52 Å². The molecule has 1 aromatic heterocycles. The Kier molecular flexibility index (Phi) is 2.02. The number of hydrogen-bond donors (Lipinski definition) is 1. The predicted octanol–water partition coefficient (Wildman–Crippen LogP) is 0.360. The molecule has 0 aliphatic rings. The Hall–Kier alpha value is -1.47. The molecule has 0 saturated carbocycles. The maximum atomic E-state index is 12.9. The molecule has 2 aromatic rings. The molecule has 0 aliphatic heterocycles. The van der Waals surface area contributed by atoms with E-state index in [1.54, 1.807) is 0 Å². The standard InChI is InChI=1S/C8H8FN3O2S/c1-12-8(15(10,13)14)6-4-5(9)2-3-7(6)11-12/h2-4H,1H3,(H2,10,13,14). The molecule has 1 heterocycles. The van der Waals surface area contributed by atoms with E-state index in [-0.39, 0.29) is 10.4 Å². The molecule has 7 heteroatoms. The summed E-state index contributed by atoms with van der Waals surface area (Å²) >= 11 is 0. The fraction of sp³-hybridized carbons (Fsp3) is 0.125. The lowest BCUT2D eigenvalue weighted by Crippen LogP contribution is -2.16. The van der Waals surface area contributed by atoms with Crippen LogP contribution in [0.4, 0.5) is 4.39 Å². The second-order valence-corrected chi connectivity index (χ2v) is 4.61. The van der Waals surface area contributed by atoms with Crippen molar-refractivity contribution in [3.8, 4) is 0 Å². The van der Waals surface area contributed by atoms with Crippen molar-refractivity contribution in [3.05, 3.63) is 24.0 Å². The molecule has 0 unspecified atom stereocenters. The van der Waals surface area contributed by atoms with Crippen LogP contribution in [0.3, 0.4) is 0 Å². The summed E-state index contributed by atoms with van der Waals surface area (Å²) in [5, 5.41) is 8.93. The Morgan fingerprint density at radius 3 is 2.73 bits per heavy atom. The molecule has 0 amide bonds. The van der Waals surface area contributed by atoms with Gasteiger partial charge in [-0.2, -0.15) is 5.10 Å². The van der Waals surface area contributed by atoms with Crippen molar-refractivity contribution in [1.82, 2.24) is 9.78 Å². The fourth-order valence-electron chi connectivity index (χ4n) is 1.49. The number of hydrogen-bond acceptors (Lipinski definition) is 3. The molecule has 0 radical (unpaired) electrons. The maximum Gasteiger partial charge on any atom is 0.255 e. The van der Waals surface area contributed by atoms with E-state index in [1.165, 1.54) is 19.2 Å². The summed E-state index contributed by atoms with van der Waals surface area (Å²) < 4.78 is 36.5. The molecule has 0 aliphatic carbocycles. The van der Waals surface area contributed by atoms with Crippen LogP contribution < -0.4 is 5.14 Å². The van der Waals surface area contributed by atoms with Crippen LogP contribution in [-0.2, 0) is 17.1 Å². The lowest BCUT2D eigenvalue weighted by atomic mass is 10.2. The highest BCUT2D eigenvalue weighted by atomic mass is 32.2. The van der Waals surface area contributed by atoms with E-state index in [0.717, 1.165) is 10.7 Å². The van der Waals surface area contributed by atoms with E-state index in [1.807, 2.05) is 0 Å². The monoisotopic (exact) mass is 229 g/mol. The van der Waals surface area contributed by atoms with Crippen LogP contribution in [-0.4, -0.2) is 18.2 Å². The molecule has 0 spiro atoms. The number of aryl methyl sites for hydroxylation is 1. The number of benzene rings is 1. The van der Waals surface area contributed by atoms with Crippen LogP contribution in [0.25, 0.3) is 10.9 Å². The number of fused-ring (bicyclic) bond motifs is 1. The fourth-order valence-corrected chi connectivity index (χ4v) is 2.36.